The minimum absolute atomic E-state index is 0.727. The third-order valence-corrected chi connectivity index (χ3v) is 3.21. The average molecular weight is 244 g/mol. The van der Waals surface area contributed by atoms with Crippen LogP contribution in [0, 0.1) is 0 Å². The van der Waals surface area contributed by atoms with E-state index >= 15 is 0 Å². The van der Waals surface area contributed by atoms with Gasteiger partial charge in [0.15, 0.2) is 5.58 Å². The minimum Gasteiger partial charge on any atom is -0.497 e. The maximum Gasteiger partial charge on any atom is 0.224 e. The molecule has 0 bridgehead atoms. The predicted octanol–water partition coefficient (Wildman–Crippen LogP) is 2.56. The Morgan fingerprint density at radius 3 is 3.06 bits per heavy atom. The predicted molar refractivity (Wildman–Crippen MR) is 70.7 cm³/mol. The summed E-state index contributed by atoms with van der Waals surface area (Å²) < 4.78 is 11.0. The maximum absolute atomic E-state index is 5.79. The number of ether oxygens (including phenoxy) is 1. The molecule has 4 heteroatoms. The smallest absolute Gasteiger partial charge is 0.224 e. The van der Waals surface area contributed by atoms with Gasteiger partial charge in [-0.15, -0.1) is 0 Å². The summed E-state index contributed by atoms with van der Waals surface area (Å²) >= 11 is 0. The summed E-state index contributed by atoms with van der Waals surface area (Å²) in [5, 5.41) is 0. The molecule has 3 rings (SSSR count). The van der Waals surface area contributed by atoms with Crippen molar-refractivity contribution in [3.8, 4) is 5.75 Å². The number of fused-ring (bicyclic) bond motifs is 1. The van der Waals surface area contributed by atoms with Gasteiger partial charge in [-0.05, 0) is 25.6 Å². The van der Waals surface area contributed by atoms with Crippen LogP contribution in [0.1, 0.15) is 12.3 Å². The molecule has 1 aliphatic heterocycles. The number of likely N-dealkylation sites (N-methyl/N-ethyl adjacent to an activating group) is 1. The monoisotopic (exact) mass is 244 g/mol. The number of oxazole rings is 1. The van der Waals surface area contributed by atoms with Gasteiger partial charge in [-0.3, -0.25) is 0 Å². The van der Waals surface area contributed by atoms with Gasteiger partial charge in [-0.25, -0.2) is 4.98 Å². The molecule has 0 N–H and O–H groups in total. The van der Waals surface area contributed by atoms with Gasteiger partial charge in [0.25, 0.3) is 0 Å². The van der Waals surface area contributed by atoms with Crippen LogP contribution in [0.2, 0.25) is 0 Å². The standard InChI is InChI=1S/C14H16N2O2/c1-16-7-3-4-10(9-16)14-15-12-8-11(17-2)5-6-13(12)18-14/h4-6,8H,3,7,9H2,1-2H3. The molecule has 0 atom stereocenters. The molecule has 18 heavy (non-hydrogen) atoms. The highest BCUT2D eigenvalue weighted by Gasteiger charge is 2.15. The largest absolute Gasteiger partial charge is 0.497 e. The number of hydrogen-bond acceptors (Lipinski definition) is 4. The summed E-state index contributed by atoms with van der Waals surface area (Å²) in [6.45, 7) is 1.99. The summed E-state index contributed by atoms with van der Waals surface area (Å²) in [4.78, 5) is 6.81. The highest BCUT2D eigenvalue weighted by molar-refractivity contribution is 5.77. The Kier molecular flexibility index (Phi) is 2.80. The fraction of sp³-hybridized carbons (Fsp3) is 0.357. The first-order chi connectivity index (χ1) is 8.76. The first-order valence-corrected chi connectivity index (χ1v) is 6.09. The third-order valence-electron chi connectivity index (χ3n) is 3.21. The van der Waals surface area contributed by atoms with E-state index in [1.54, 1.807) is 7.11 Å². The van der Waals surface area contributed by atoms with Crippen molar-refractivity contribution in [3.05, 3.63) is 30.2 Å². The summed E-state index contributed by atoms with van der Waals surface area (Å²) in [5.41, 5.74) is 2.82. The Morgan fingerprint density at radius 2 is 2.28 bits per heavy atom. The van der Waals surface area contributed by atoms with Crippen LogP contribution >= 0.6 is 0 Å². The van der Waals surface area contributed by atoms with E-state index in [4.69, 9.17) is 9.15 Å². The van der Waals surface area contributed by atoms with Crippen LogP contribution in [0.25, 0.3) is 16.7 Å². The molecule has 1 aromatic heterocycles. The molecule has 0 spiro atoms. The lowest BCUT2D eigenvalue weighted by atomic mass is 10.1. The Hall–Kier alpha value is -1.81. The molecule has 0 radical (unpaired) electrons. The van der Waals surface area contributed by atoms with Crippen LogP contribution in [0.5, 0.6) is 5.75 Å². The van der Waals surface area contributed by atoms with Crippen molar-refractivity contribution in [2.45, 2.75) is 6.42 Å². The Bertz CT molecular complexity index is 601. The second kappa shape index (κ2) is 4.46. The molecule has 2 heterocycles. The summed E-state index contributed by atoms with van der Waals surface area (Å²) in [5.74, 6) is 1.53. The van der Waals surface area contributed by atoms with Crippen LogP contribution in [0.3, 0.4) is 0 Å². The van der Waals surface area contributed by atoms with E-state index in [1.165, 1.54) is 5.57 Å². The Labute approximate surface area is 106 Å². The first-order valence-electron chi connectivity index (χ1n) is 6.09. The van der Waals surface area contributed by atoms with Gasteiger partial charge in [0.2, 0.25) is 5.89 Å². The van der Waals surface area contributed by atoms with Gasteiger partial charge in [0.1, 0.15) is 11.3 Å². The molecule has 0 aliphatic carbocycles. The van der Waals surface area contributed by atoms with Crippen LogP contribution in [-0.4, -0.2) is 37.1 Å². The number of benzene rings is 1. The SMILES string of the molecule is COc1ccc2oc(C3=CCCN(C)C3)nc2c1. The molecule has 1 aliphatic rings. The molecule has 0 unspecified atom stereocenters. The Morgan fingerprint density at radius 1 is 1.39 bits per heavy atom. The highest BCUT2D eigenvalue weighted by atomic mass is 16.5. The molecule has 94 valence electrons. The van der Waals surface area contributed by atoms with Crippen molar-refractivity contribution >= 4 is 16.7 Å². The molecule has 0 fully saturated rings. The quantitative estimate of drug-likeness (QED) is 0.813. The van der Waals surface area contributed by atoms with Gasteiger partial charge >= 0.3 is 0 Å². The van der Waals surface area contributed by atoms with Crippen molar-refractivity contribution in [3.63, 3.8) is 0 Å². The zero-order valence-electron chi connectivity index (χ0n) is 10.6. The molecule has 0 saturated carbocycles. The lowest BCUT2D eigenvalue weighted by molar-refractivity contribution is 0.368. The first kappa shape index (κ1) is 11.3. The number of aromatic nitrogens is 1. The second-order valence-electron chi connectivity index (χ2n) is 4.61. The topological polar surface area (TPSA) is 38.5 Å². The van der Waals surface area contributed by atoms with Crippen LogP contribution in [0.4, 0.5) is 0 Å². The number of hydrogen-bond donors (Lipinski definition) is 0. The van der Waals surface area contributed by atoms with Crippen molar-refractivity contribution < 1.29 is 9.15 Å². The fourth-order valence-corrected chi connectivity index (χ4v) is 2.22. The number of nitrogens with zero attached hydrogens (tertiary/aromatic N) is 2. The van der Waals surface area contributed by atoms with Gasteiger partial charge in [-0.2, -0.15) is 0 Å². The normalized spacial score (nSPS) is 16.9. The fourth-order valence-electron chi connectivity index (χ4n) is 2.22. The van der Waals surface area contributed by atoms with Gasteiger partial charge in [0, 0.05) is 24.7 Å². The van der Waals surface area contributed by atoms with E-state index in [2.05, 4.69) is 23.0 Å². The van der Waals surface area contributed by atoms with Crippen molar-refractivity contribution in [2.24, 2.45) is 0 Å². The average Bonchev–Trinajstić information content (AvgIpc) is 2.81. The summed E-state index contributed by atoms with van der Waals surface area (Å²) in [6, 6.07) is 5.69. The minimum atomic E-state index is 0.727. The van der Waals surface area contributed by atoms with E-state index in [0.29, 0.717) is 0 Å². The molecule has 0 saturated heterocycles. The number of methoxy groups -OCH3 is 1. The Balaban J connectivity index is 2.00. The van der Waals surface area contributed by atoms with E-state index < -0.39 is 0 Å². The maximum atomic E-state index is 5.79. The summed E-state index contributed by atoms with van der Waals surface area (Å²) in [7, 11) is 3.76. The molecule has 4 nitrogen and oxygen atoms in total. The highest BCUT2D eigenvalue weighted by Crippen LogP contribution is 2.26. The van der Waals surface area contributed by atoms with Crippen molar-refractivity contribution in [1.82, 2.24) is 9.88 Å². The van der Waals surface area contributed by atoms with Crippen molar-refractivity contribution in [1.29, 1.82) is 0 Å². The molecule has 0 amide bonds. The zero-order valence-corrected chi connectivity index (χ0v) is 10.6. The molecular formula is C14H16N2O2. The van der Waals surface area contributed by atoms with Gasteiger partial charge in [-0.1, -0.05) is 6.08 Å². The molecule has 1 aromatic carbocycles. The van der Waals surface area contributed by atoms with E-state index in [-0.39, 0.29) is 0 Å². The van der Waals surface area contributed by atoms with Gasteiger partial charge in [0.05, 0.1) is 7.11 Å². The molecule has 2 aromatic rings. The van der Waals surface area contributed by atoms with Gasteiger partial charge < -0.3 is 14.1 Å². The lowest BCUT2D eigenvalue weighted by Gasteiger charge is -2.20. The lowest BCUT2D eigenvalue weighted by Crippen LogP contribution is -2.24. The van der Waals surface area contributed by atoms with E-state index in [1.807, 2.05) is 18.2 Å². The second-order valence-corrected chi connectivity index (χ2v) is 4.61. The third kappa shape index (κ3) is 1.99. The molecular weight excluding hydrogens is 228 g/mol. The van der Waals surface area contributed by atoms with E-state index in [9.17, 15) is 0 Å². The summed E-state index contributed by atoms with van der Waals surface area (Å²) in [6.07, 6.45) is 3.26. The van der Waals surface area contributed by atoms with Crippen LogP contribution in [0.15, 0.2) is 28.7 Å². The van der Waals surface area contributed by atoms with Crippen molar-refractivity contribution in [2.75, 3.05) is 27.2 Å². The number of rotatable bonds is 2. The van der Waals surface area contributed by atoms with Crippen LogP contribution in [-0.2, 0) is 0 Å². The van der Waals surface area contributed by atoms with Crippen LogP contribution < -0.4 is 4.74 Å². The zero-order chi connectivity index (χ0) is 12.5. The van der Waals surface area contributed by atoms with E-state index in [0.717, 1.165) is 42.3 Å².